The van der Waals surface area contributed by atoms with Crippen molar-refractivity contribution in [3.05, 3.63) is 59.5 Å². The van der Waals surface area contributed by atoms with Crippen LogP contribution in [0.1, 0.15) is 58.2 Å². The number of carboxylic acids is 1. The molecule has 1 saturated carbocycles. The average molecular weight is 313 g/mol. The van der Waals surface area contributed by atoms with Gasteiger partial charge < -0.3 is 14.8 Å². The van der Waals surface area contributed by atoms with Gasteiger partial charge in [0.1, 0.15) is 6.26 Å². The van der Waals surface area contributed by atoms with E-state index >= 15 is 0 Å². The van der Waals surface area contributed by atoms with Crippen molar-refractivity contribution in [2.24, 2.45) is 5.92 Å². The van der Waals surface area contributed by atoms with Crippen LogP contribution < -0.4 is 5.32 Å². The van der Waals surface area contributed by atoms with Crippen LogP contribution in [0.15, 0.2) is 47.1 Å². The lowest BCUT2D eigenvalue weighted by Gasteiger charge is -2.24. The predicted octanol–water partition coefficient (Wildman–Crippen LogP) is 3.64. The van der Waals surface area contributed by atoms with E-state index in [-0.39, 0.29) is 23.3 Å². The van der Waals surface area contributed by atoms with E-state index in [0.29, 0.717) is 5.92 Å². The molecule has 3 rings (SSSR count). The molecule has 120 valence electrons. The van der Waals surface area contributed by atoms with Gasteiger partial charge in [0.05, 0.1) is 11.6 Å². The summed E-state index contributed by atoms with van der Waals surface area (Å²) in [5.74, 6) is -1.06. The maximum atomic E-state index is 12.4. The number of carboxylic acid groups (broad SMARTS) is 1. The van der Waals surface area contributed by atoms with Crippen LogP contribution in [0.3, 0.4) is 0 Å². The zero-order valence-electron chi connectivity index (χ0n) is 12.7. The summed E-state index contributed by atoms with van der Waals surface area (Å²) < 4.78 is 5.09. The molecule has 1 heterocycles. The SMILES string of the molecule is O=C(O)c1coc(C(=O)NC(c2ccccc2)C2CCCC2)c1. The minimum atomic E-state index is -1.11. The molecule has 0 aliphatic heterocycles. The molecule has 5 nitrogen and oxygen atoms in total. The number of hydrogen-bond donors (Lipinski definition) is 2. The highest BCUT2D eigenvalue weighted by atomic mass is 16.4. The Labute approximate surface area is 134 Å². The number of carbonyl (C=O) groups is 2. The Kier molecular flexibility index (Phi) is 4.46. The summed E-state index contributed by atoms with van der Waals surface area (Å²) in [4.78, 5) is 23.3. The Morgan fingerprint density at radius 3 is 2.48 bits per heavy atom. The summed E-state index contributed by atoms with van der Waals surface area (Å²) >= 11 is 0. The second kappa shape index (κ2) is 6.69. The summed E-state index contributed by atoms with van der Waals surface area (Å²) in [6.07, 6.45) is 5.60. The van der Waals surface area contributed by atoms with Crippen LogP contribution in [0.2, 0.25) is 0 Å². The van der Waals surface area contributed by atoms with Gasteiger partial charge in [-0.2, -0.15) is 0 Å². The predicted molar refractivity (Wildman–Crippen MR) is 84.3 cm³/mol. The molecule has 23 heavy (non-hydrogen) atoms. The molecule has 1 aliphatic carbocycles. The van der Waals surface area contributed by atoms with Gasteiger partial charge in [0.25, 0.3) is 5.91 Å². The molecule has 1 fully saturated rings. The van der Waals surface area contributed by atoms with Crippen molar-refractivity contribution in [3.8, 4) is 0 Å². The monoisotopic (exact) mass is 313 g/mol. The largest absolute Gasteiger partial charge is 0.478 e. The normalized spacial score (nSPS) is 16.2. The summed E-state index contributed by atoms with van der Waals surface area (Å²) in [5, 5.41) is 11.9. The molecule has 5 heteroatoms. The quantitative estimate of drug-likeness (QED) is 0.883. The third-order valence-electron chi connectivity index (χ3n) is 4.39. The Morgan fingerprint density at radius 1 is 1.17 bits per heavy atom. The van der Waals surface area contributed by atoms with Gasteiger partial charge in [0.2, 0.25) is 0 Å². The number of carbonyl (C=O) groups excluding carboxylic acids is 1. The standard InChI is InChI=1S/C18H19NO4/c20-17(15-10-14(11-23-15)18(21)22)19-16(13-8-4-5-9-13)12-6-2-1-3-7-12/h1-3,6-7,10-11,13,16H,4-5,8-9H2,(H,19,20)(H,21,22). The smallest absolute Gasteiger partial charge is 0.338 e. The van der Waals surface area contributed by atoms with E-state index < -0.39 is 5.97 Å². The van der Waals surface area contributed by atoms with Gasteiger partial charge in [0, 0.05) is 6.07 Å². The Morgan fingerprint density at radius 2 is 1.87 bits per heavy atom. The van der Waals surface area contributed by atoms with Gasteiger partial charge in [0.15, 0.2) is 5.76 Å². The highest BCUT2D eigenvalue weighted by Crippen LogP contribution is 2.35. The molecule has 0 saturated heterocycles. The molecule has 1 aromatic carbocycles. The fraction of sp³-hybridized carbons (Fsp3) is 0.333. The van der Waals surface area contributed by atoms with E-state index in [4.69, 9.17) is 9.52 Å². The lowest BCUT2D eigenvalue weighted by Crippen LogP contribution is -2.32. The minimum Gasteiger partial charge on any atom is -0.478 e. The zero-order chi connectivity index (χ0) is 16.2. The minimum absolute atomic E-state index is 0.0210. The molecule has 2 aromatic rings. The first kappa shape index (κ1) is 15.3. The second-order valence-electron chi connectivity index (χ2n) is 5.91. The summed E-state index contributed by atoms with van der Waals surface area (Å²) in [6, 6.07) is 11.1. The van der Waals surface area contributed by atoms with Gasteiger partial charge >= 0.3 is 5.97 Å². The highest BCUT2D eigenvalue weighted by molar-refractivity contribution is 5.95. The molecule has 1 atom stereocenters. The van der Waals surface area contributed by atoms with Gasteiger partial charge in [-0.3, -0.25) is 4.79 Å². The molecule has 1 amide bonds. The number of hydrogen-bond acceptors (Lipinski definition) is 3. The Bertz CT molecular complexity index is 686. The van der Waals surface area contributed by atoms with Crippen LogP contribution in [0.5, 0.6) is 0 Å². The van der Waals surface area contributed by atoms with Crippen LogP contribution in [0, 0.1) is 5.92 Å². The van der Waals surface area contributed by atoms with Crippen LogP contribution >= 0.6 is 0 Å². The highest BCUT2D eigenvalue weighted by Gasteiger charge is 2.28. The average Bonchev–Trinajstić information content (AvgIpc) is 3.24. The van der Waals surface area contributed by atoms with Crippen molar-refractivity contribution in [2.75, 3.05) is 0 Å². The van der Waals surface area contributed by atoms with Crippen LogP contribution in [-0.2, 0) is 0 Å². The van der Waals surface area contributed by atoms with Gasteiger partial charge in [-0.1, -0.05) is 43.2 Å². The van der Waals surface area contributed by atoms with E-state index in [2.05, 4.69) is 5.32 Å². The zero-order valence-corrected chi connectivity index (χ0v) is 12.7. The van der Waals surface area contributed by atoms with Crippen molar-refractivity contribution < 1.29 is 19.1 Å². The summed E-state index contributed by atoms with van der Waals surface area (Å²) in [6.45, 7) is 0. The topological polar surface area (TPSA) is 79.5 Å². The summed E-state index contributed by atoms with van der Waals surface area (Å²) in [5.41, 5.74) is 1.05. The van der Waals surface area contributed by atoms with Crippen molar-refractivity contribution in [1.29, 1.82) is 0 Å². The number of rotatable bonds is 5. The molecule has 2 N–H and O–H groups in total. The number of amides is 1. The molecule has 1 unspecified atom stereocenters. The van der Waals surface area contributed by atoms with E-state index in [1.165, 1.54) is 18.9 Å². The molecule has 0 radical (unpaired) electrons. The van der Waals surface area contributed by atoms with E-state index in [1.54, 1.807) is 0 Å². The van der Waals surface area contributed by atoms with Crippen molar-refractivity contribution >= 4 is 11.9 Å². The van der Waals surface area contributed by atoms with Crippen LogP contribution in [0.25, 0.3) is 0 Å². The van der Waals surface area contributed by atoms with Gasteiger partial charge in [-0.05, 0) is 24.3 Å². The van der Waals surface area contributed by atoms with Crippen molar-refractivity contribution in [3.63, 3.8) is 0 Å². The number of nitrogens with one attached hydrogen (secondary N) is 1. The lowest BCUT2D eigenvalue weighted by molar-refractivity contribution is 0.0695. The van der Waals surface area contributed by atoms with Gasteiger partial charge in [-0.15, -0.1) is 0 Å². The maximum absolute atomic E-state index is 12.4. The second-order valence-corrected chi connectivity index (χ2v) is 5.91. The summed E-state index contributed by atoms with van der Waals surface area (Å²) in [7, 11) is 0. The maximum Gasteiger partial charge on any atom is 0.338 e. The van der Waals surface area contributed by atoms with Crippen molar-refractivity contribution in [2.45, 2.75) is 31.7 Å². The molecule has 1 aliphatic rings. The van der Waals surface area contributed by atoms with Crippen molar-refractivity contribution in [1.82, 2.24) is 5.32 Å². The van der Waals surface area contributed by atoms with Crippen LogP contribution in [0.4, 0.5) is 0 Å². The first-order valence-corrected chi connectivity index (χ1v) is 7.83. The first-order chi connectivity index (χ1) is 11.1. The number of furan rings is 1. The number of benzene rings is 1. The molecule has 1 aromatic heterocycles. The van der Waals surface area contributed by atoms with E-state index in [9.17, 15) is 9.59 Å². The Balaban J connectivity index is 1.80. The van der Waals surface area contributed by atoms with E-state index in [1.807, 2.05) is 30.3 Å². The molecular weight excluding hydrogens is 294 g/mol. The van der Waals surface area contributed by atoms with E-state index in [0.717, 1.165) is 24.7 Å². The van der Waals surface area contributed by atoms with Gasteiger partial charge in [-0.25, -0.2) is 4.79 Å². The Hall–Kier alpha value is -2.56. The molecule has 0 bridgehead atoms. The molecule has 0 spiro atoms. The fourth-order valence-electron chi connectivity index (χ4n) is 3.20. The van der Waals surface area contributed by atoms with Crippen LogP contribution in [-0.4, -0.2) is 17.0 Å². The number of aromatic carboxylic acids is 1. The third-order valence-corrected chi connectivity index (χ3v) is 4.39. The fourth-order valence-corrected chi connectivity index (χ4v) is 3.20. The lowest BCUT2D eigenvalue weighted by atomic mass is 9.91. The first-order valence-electron chi connectivity index (χ1n) is 7.83. The third kappa shape index (κ3) is 3.44. The molecular formula is C18H19NO4.